The van der Waals surface area contributed by atoms with Gasteiger partial charge in [-0.15, -0.1) is 0 Å². The molecule has 0 aliphatic carbocycles. The molecule has 2 aromatic heterocycles. The predicted octanol–water partition coefficient (Wildman–Crippen LogP) is 1.51. The smallest absolute Gasteiger partial charge is 0.267 e. The van der Waals surface area contributed by atoms with Gasteiger partial charge in [0, 0.05) is 25.0 Å². The van der Waals surface area contributed by atoms with E-state index < -0.39 is 0 Å². The highest BCUT2D eigenvalue weighted by molar-refractivity contribution is 5.35. The van der Waals surface area contributed by atoms with Gasteiger partial charge in [0.2, 0.25) is 0 Å². The van der Waals surface area contributed by atoms with E-state index in [9.17, 15) is 4.79 Å². The van der Waals surface area contributed by atoms with Crippen LogP contribution in [0.3, 0.4) is 0 Å². The topological polar surface area (TPSA) is 59.8 Å². The summed E-state index contributed by atoms with van der Waals surface area (Å²) in [6.07, 6.45) is 4.43. The van der Waals surface area contributed by atoms with Crippen LogP contribution in [0.15, 0.2) is 41.5 Å². The number of pyridine rings is 1. The number of nitrogens with zero attached hydrogens (tertiary/aromatic N) is 3. The summed E-state index contributed by atoms with van der Waals surface area (Å²) in [7, 11) is 0. The molecule has 2 aromatic rings. The number of nitrogens with one attached hydrogen (secondary N) is 1. The summed E-state index contributed by atoms with van der Waals surface area (Å²) in [6.45, 7) is 3.46. The maximum Gasteiger partial charge on any atom is 0.267 e. The van der Waals surface area contributed by atoms with Crippen molar-refractivity contribution in [3.05, 3.63) is 52.6 Å². The molecule has 0 saturated heterocycles. The molecule has 0 aromatic carbocycles. The van der Waals surface area contributed by atoms with Gasteiger partial charge in [-0.1, -0.05) is 13.0 Å². The molecule has 0 fully saturated rings. The first-order valence-electron chi connectivity index (χ1n) is 6.00. The summed E-state index contributed by atoms with van der Waals surface area (Å²) in [4.78, 5) is 15.8. The largest absolute Gasteiger partial charge is 0.370 e. The molecule has 5 nitrogen and oxygen atoms in total. The minimum atomic E-state index is -0.106. The van der Waals surface area contributed by atoms with Gasteiger partial charge in [0.1, 0.15) is 5.82 Å². The number of rotatable bonds is 5. The highest BCUT2D eigenvalue weighted by Gasteiger charge is 1.99. The Morgan fingerprint density at radius 2 is 2.22 bits per heavy atom. The molecule has 2 heterocycles. The van der Waals surface area contributed by atoms with E-state index in [0.29, 0.717) is 6.54 Å². The standard InChI is InChI=1S/C13H16N4O/c1-2-7-14-12-6-5-11(9-15-12)10-17-13(18)4-3-8-16-17/h3-6,8-9H,2,7,10H2,1H3,(H,14,15). The molecule has 1 N–H and O–H groups in total. The summed E-state index contributed by atoms with van der Waals surface area (Å²) in [5.41, 5.74) is 0.850. The van der Waals surface area contributed by atoms with Crippen LogP contribution in [-0.4, -0.2) is 21.3 Å². The minimum absolute atomic E-state index is 0.106. The van der Waals surface area contributed by atoms with Crippen LogP contribution in [0.5, 0.6) is 0 Å². The molecule has 0 atom stereocenters. The SMILES string of the molecule is CCCNc1ccc(Cn2ncccc2=O)cn1. The van der Waals surface area contributed by atoms with Crippen molar-refractivity contribution in [1.29, 1.82) is 0 Å². The lowest BCUT2D eigenvalue weighted by molar-refractivity contribution is 0.637. The first-order valence-corrected chi connectivity index (χ1v) is 6.00. The Balaban J connectivity index is 2.07. The average Bonchev–Trinajstić information content (AvgIpc) is 2.41. The molecule has 0 radical (unpaired) electrons. The molecule has 0 spiro atoms. The van der Waals surface area contributed by atoms with E-state index in [2.05, 4.69) is 22.3 Å². The van der Waals surface area contributed by atoms with Crippen molar-refractivity contribution in [3.63, 3.8) is 0 Å². The molecule has 0 bridgehead atoms. The van der Waals surface area contributed by atoms with E-state index in [4.69, 9.17) is 0 Å². The van der Waals surface area contributed by atoms with Gasteiger partial charge >= 0.3 is 0 Å². The van der Waals surface area contributed by atoms with Crippen molar-refractivity contribution in [2.45, 2.75) is 19.9 Å². The molecule has 2 rings (SSSR count). The zero-order chi connectivity index (χ0) is 12.8. The third-order valence-corrected chi connectivity index (χ3v) is 2.50. The van der Waals surface area contributed by atoms with Crippen LogP contribution in [0.4, 0.5) is 5.82 Å². The number of hydrogen-bond donors (Lipinski definition) is 1. The fourth-order valence-corrected chi connectivity index (χ4v) is 1.55. The average molecular weight is 244 g/mol. The fourth-order valence-electron chi connectivity index (χ4n) is 1.55. The normalized spacial score (nSPS) is 10.3. The zero-order valence-corrected chi connectivity index (χ0v) is 10.3. The Hall–Kier alpha value is -2.17. The Morgan fingerprint density at radius 3 is 2.89 bits per heavy atom. The van der Waals surface area contributed by atoms with Crippen LogP contribution in [0, 0.1) is 0 Å². The summed E-state index contributed by atoms with van der Waals surface area (Å²) in [5.74, 6) is 0.856. The molecule has 0 aliphatic rings. The lowest BCUT2D eigenvalue weighted by Crippen LogP contribution is -2.21. The second-order valence-corrected chi connectivity index (χ2v) is 4.00. The first kappa shape index (κ1) is 12.3. The summed E-state index contributed by atoms with van der Waals surface area (Å²) < 4.78 is 1.41. The first-order chi connectivity index (χ1) is 8.79. The fraction of sp³-hybridized carbons (Fsp3) is 0.308. The maximum absolute atomic E-state index is 11.5. The number of hydrogen-bond acceptors (Lipinski definition) is 4. The van der Waals surface area contributed by atoms with Gasteiger partial charge in [-0.05, 0) is 24.1 Å². The van der Waals surface area contributed by atoms with Gasteiger partial charge in [0.05, 0.1) is 6.54 Å². The Labute approximate surface area is 105 Å². The van der Waals surface area contributed by atoms with Crippen LogP contribution < -0.4 is 10.9 Å². The molecule has 0 aliphatic heterocycles. The quantitative estimate of drug-likeness (QED) is 0.866. The van der Waals surface area contributed by atoms with Crippen molar-refractivity contribution in [2.24, 2.45) is 0 Å². The molecule has 0 saturated carbocycles. The molecular formula is C13H16N4O. The van der Waals surface area contributed by atoms with Gasteiger partial charge in [0.15, 0.2) is 0 Å². The van der Waals surface area contributed by atoms with Crippen molar-refractivity contribution >= 4 is 5.82 Å². The summed E-state index contributed by atoms with van der Waals surface area (Å²) in [5, 5.41) is 7.21. The highest BCUT2D eigenvalue weighted by Crippen LogP contribution is 2.05. The predicted molar refractivity (Wildman–Crippen MR) is 70.6 cm³/mol. The molecule has 0 unspecified atom stereocenters. The van der Waals surface area contributed by atoms with Gasteiger partial charge in [-0.25, -0.2) is 9.67 Å². The minimum Gasteiger partial charge on any atom is -0.370 e. The van der Waals surface area contributed by atoms with Gasteiger partial charge < -0.3 is 5.32 Å². The van der Waals surface area contributed by atoms with E-state index in [1.807, 2.05) is 12.1 Å². The van der Waals surface area contributed by atoms with Crippen LogP contribution in [0.1, 0.15) is 18.9 Å². The van der Waals surface area contributed by atoms with Crippen molar-refractivity contribution in [1.82, 2.24) is 14.8 Å². The number of anilines is 1. The van der Waals surface area contributed by atoms with Crippen molar-refractivity contribution in [2.75, 3.05) is 11.9 Å². The van der Waals surface area contributed by atoms with Gasteiger partial charge in [-0.2, -0.15) is 5.10 Å². The van der Waals surface area contributed by atoms with E-state index in [-0.39, 0.29) is 5.56 Å². The van der Waals surface area contributed by atoms with Crippen molar-refractivity contribution in [3.8, 4) is 0 Å². The lowest BCUT2D eigenvalue weighted by Gasteiger charge is -2.06. The maximum atomic E-state index is 11.5. The second kappa shape index (κ2) is 5.95. The third-order valence-electron chi connectivity index (χ3n) is 2.50. The summed E-state index contributed by atoms with van der Waals surface area (Å²) >= 11 is 0. The Morgan fingerprint density at radius 1 is 1.33 bits per heavy atom. The molecule has 0 amide bonds. The molecule has 94 valence electrons. The lowest BCUT2D eigenvalue weighted by atomic mass is 10.3. The van der Waals surface area contributed by atoms with E-state index in [1.54, 1.807) is 18.5 Å². The van der Waals surface area contributed by atoms with Crippen LogP contribution in [-0.2, 0) is 6.54 Å². The molecule has 18 heavy (non-hydrogen) atoms. The monoisotopic (exact) mass is 244 g/mol. The third kappa shape index (κ3) is 3.16. The van der Waals surface area contributed by atoms with E-state index >= 15 is 0 Å². The second-order valence-electron chi connectivity index (χ2n) is 4.00. The van der Waals surface area contributed by atoms with E-state index in [0.717, 1.165) is 24.3 Å². The van der Waals surface area contributed by atoms with Crippen molar-refractivity contribution < 1.29 is 0 Å². The number of aromatic nitrogens is 3. The zero-order valence-electron chi connectivity index (χ0n) is 10.3. The summed E-state index contributed by atoms with van der Waals surface area (Å²) in [6, 6.07) is 7.00. The van der Waals surface area contributed by atoms with Crippen LogP contribution >= 0.6 is 0 Å². The Kier molecular flexibility index (Phi) is 4.06. The Bertz CT molecular complexity index is 547. The van der Waals surface area contributed by atoms with Gasteiger partial charge in [0.25, 0.3) is 5.56 Å². The highest BCUT2D eigenvalue weighted by atomic mass is 16.1. The van der Waals surface area contributed by atoms with Crippen LogP contribution in [0.2, 0.25) is 0 Å². The van der Waals surface area contributed by atoms with Crippen LogP contribution in [0.25, 0.3) is 0 Å². The molecule has 5 heteroatoms. The molecular weight excluding hydrogens is 228 g/mol. The van der Waals surface area contributed by atoms with E-state index in [1.165, 1.54) is 10.7 Å². The van der Waals surface area contributed by atoms with Gasteiger partial charge in [-0.3, -0.25) is 4.79 Å².